The summed E-state index contributed by atoms with van der Waals surface area (Å²) in [4.78, 5) is 59.8. The Balaban J connectivity index is 1.35. The molecule has 4 N–H and O–H groups in total. The van der Waals surface area contributed by atoms with Crippen LogP contribution in [0.2, 0.25) is 0 Å². The van der Waals surface area contributed by atoms with Crippen LogP contribution >= 0.6 is 0 Å². The van der Waals surface area contributed by atoms with Crippen molar-refractivity contribution in [3.05, 3.63) is 42.4 Å². The van der Waals surface area contributed by atoms with Crippen LogP contribution in [-0.4, -0.2) is 96.0 Å². The molecule has 1 saturated heterocycles. The molecule has 6 rings (SSSR count). The predicted molar refractivity (Wildman–Crippen MR) is 183 cm³/mol. The topological polar surface area (TPSA) is 193 Å². The van der Waals surface area contributed by atoms with Crippen LogP contribution in [0.5, 0.6) is 11.6 Å². The number of carbonyl (C=O) groups excluding carboxylic acids is 3. The lowest BCUT2D eigenvalue weighted by molar-refractivity contribution is -0.142. The largest absolute Gasteiger partial charge is 0.496 e. The zero-order valence-electron chi connectivity index (χ0n) is 29.1. The molecule has 17 heteroatoms. The Bertz CT molecular complexity index is 1910. The molecule has 1 aromatic carbocycles. The summed E-state index contributed by atoms with van der Waals surface area (Å²) in [6.45, 7) is 2.37. The number of halogens is 2. The van der Waals surface area contributed by atoms with E-state index in [9.17, 15) is 41.5 Å². The molecule has 3 heterocycles. The van der Waals surface area contributed by atoms with E-state index in [2.05, 4.69) is 15.6 Å². The standard InChI is InChI=1S/C35H43F2N5O9S/c1-19-6-4-5-7-21-16-35(21,32(45)41-52(48,49)34(18-36)9-10-34)40-29(43)26-15-23(17-42(26)31(44)28(20(2)12-19)39-33(46)47)51-30-25-13-22(37)14-27(50-3)24(25)8-11-38-30/h5,7-8,11,13-14,19-21,23,26,28,39H,4,6,9-10,12,15-18H2,1-3H3,(H,40,43)(H,41,45)(H,46,47)/b7-5-/t19-,20-,21-,23-,26+,28+,35?/m1/s1. The van der Waals surface area contributed by atoms with E-state index in [1.165, 1.54) is 30.3 Å². The number of pyridine rings is 1. The maximum Gasteiger partial charge on any atom is 0.405 e. The summed E-state index contributed by atoms with van der Waals surface area (Å²) >= 11 is 0. The van der Waals surface area contributed by atoms with Crippen molar-refractivity contribution in [2.45, 2.75) is 87.3 Å². The number of methoxy groups -OCH3 is 1. The number of nitrogens with zero attached hydrogens (tertiary/aromatic N) is 2. The third-order valence-electron chi connectivity index (χ3n) is 10.8. The van der Waals surface area contributed by atoms with Gasteiger partial charge in [0.1, 0.15) is 46.7 Å². The van der Waals surface area contributed by atoms with E-state index < -0.39 is 86.6 Å². The molecule has 1 unspecified atom stereocenters. The first-order chi connectivity index (χ1) is 24.6. The Kier molecular flexibility index (Phi) is 10.1. The molecule has 0 bridgehead atoms. The van der Waals surface area contributed by atoms with Gasteiger partial charge >= 0.3 is 6.09 Å². The van der Waals surface area contributed by atoms with Gasteiger partial charge in [0.05, 0.1) is 19.0 Å². The van der Waals surface area contributed by atoms with E-state index in [-0.39, 0.29) is 55.2 Å². The number of aromatic nitrogens is 1. The molecule has 282 valence electrons. The van der Waals surface area contributed by atoms with Crippen LogP contribution in [0.25, 0.3) is 10.8 Å². The molecular formula is C35H43F2N5O9S. The summed E-state index contributed by atoms with van der Waals surface area (Å²) in [6.07, 6.45) is 4.49. The summed E-state index contributed by atoms with van der Waals surface area (Å²) < 4.78 is 66.3. The summed E-state index contributed by atoms with van der Waals surface area (Å²) in [5, 5.41) is 15.6. The molecule has 3 fully saturated rings. The van der Waals surface area contributed by atoms with Crippen LogP contribution in [0.3, 0.4) is 0 Å². The highest BCUT2D eigenvalue weighted by atomic mass is 32.2. The Labute approximate surface area is 299 Å². The average molecular weight is 748 g/mol. The first-order valence-electron chi connectivity index (χ1n) is 17.3. The molecule has 14 nitrogen and oxygen atoms in total. The second-order valence-corrected chi connectivity index (χ2v) is 16.7. The summed E-state index contributed by atoms with van der Waals surface area (Å²) in [5.74, 6) is -3.87. The second-order valence-electron chi connectivity index (χ2n) is 14.6. The number of hydrogen-bond donors (Lipinski definition) is 4. The number of amides is 4. The van der Waals surface area contributed by atoms with Gasteiger partial charge in [0.15, 0.2) is 0 Å². The highest BCUT2D eigenvalue weighted by Crippen LogP contribution is 2.48. The molecule has 2 aliphatic heterocycles. The first-order valence-corrected chi connectivity index (χ1v) is 18.8. The number of nitrogens with one attached hydrogen (secondary N) is 3. The molecule has 0 spiro atoms. The maximum absolute atomic E-state index is 14.6. The molecule has 7 atom stereocenters. The lowest BCUT2D eigenvalue weighted by Gasteiger charge is -2.32. The zero-order valence-corrected chi connectivity index (χ0v) is 29.9. The van der Waals surface area contributed by atoms with E-state index >= 15 is 0 Å². The Morgan fingerprint density at radius 1 is 1.17 bits per heavy atom. The van der Waals surface area contributed by atoms with Crippen LogP contribution < -0.4 is 24.8 Å². The minimum atomic E-state index is -4.41. The summed E-state index contributed by atoms with van der Waals surface area (Å²) in [6, 6.07) is 1.51. The number of allylic oxidation sites excluding steroid dienone is 1. The Hall–Kier alpha value is -4.54. The van der Waals surface area contributed by atoms with Crippen molar-refractivity contribution in [2.24, 2.45) is 17.8 Å². The van der Waals surface area contributed by atoms with Crippen LogP contribution in [0.4, 0.5) is 13.6 Å². The number of fused-ring (bicyclic) bond motifs is 3. The van der Waals surface area contributed by atoms with Crippen molar-refractivity contribution in [2.75, 3.05) is 20.3 Å². The van der Waals surface area contributed by atoms with Gasteiger partial charge in [-0.25, -0.2) is 27.0 Å². The predicted octanol–water partition coefficient (Wildman–Crippen LogP) is 3.20. The molecule has 1 aromatic heterocycles. The normalized spacial score (nSPS) is 30.8. The van der Waals surface area contributed by atoms with E-state index in [1.807, 2.05) is 17.7 Å². The highest BCUT2D eigenvalue weighted by Gasteiger charge is 2.64. The van der Waals surface area contributed by atoms with Crippen LogP contribution in [0.1, 0.15) is 58.8 Å². The quantitative estimate of drug-likeness (QED) is 0.292. The van der Waals surface area contributed by atoms with Crippen molar-refractivity contribution in [3.8, 4) is 11.6 Å². The number of carbonyl (C=O) groups is 4. The van der Waals surface area contributed by atoms with Gasteiger partial charge < -0.3 is 30.1 Å². The van der Waals surface area contributed by atoms with Crippen molar-refractivity contribution in [3.63, 3.8) is 0 Å². The maximum atomic E-state index is 14.6. The highest BCUT2D eigenvalue weighted by molar-refractivity contribution is 7.91. The van der Waals surface area contributed by atoms with Gasteiger partial charge in [0.25, 0.3) is 5.91 Å². The number of alkyl halides is 1. The summed E-state index contributed by atoms with van der Waals surface area (Å²) in [7, 11) is -3.02. The molecule has 2 aromatic rings. The third-order valence-corrected chi connectivity index (χ3v) is 12.9. The molecule has 0 radical (unpaired) electrons. The van der Waals surface area contributed by atoms with Crippen molar-refractivity contribution >= 4 is 44.6 Å². The van der Waals surface area contributed by atoms with Crippen molar-refractivity contribution < 1.29 is 51.0 Å². The lowest BCUT2D eigenvalue weighted by Crippen LogP contribution is -2.59. The van der Waals surface area contributed by atoms with Crippen molar-refractivity contribution in [1.82, 2.24) is 25.2 Å². The van der Waals surface area contributed by atoms with Gasteiger partial charge in [-0.3, -0.25) is 19.1 Å². The fourth-order valence-corrected chi connectivity index (χ4v) is 8.92. The number of carboxylic acid groups (broad SMARTS) is 1. The number of sulfonamides is 1. The SMILES string of the molecule is COc1cc(F)cc2c(O[C@@H]3C[C@H]4C(=O)NC5(C(=O)NS(=O)(=O)C6(CF)CC6)C[C@H]5/C=C\CC[C@@H](C)C[C@@H](C)[C@H](NC(=O)O)C(=O)N4C3)nccc12. The molecule has 52 heavy (non-hydrogen) atoms. The van der Waals surface area contributed by atoms with Gasteiger partial charge in [-0.1, -0.05) is 26.0 Å². The van der Waals surface area contributed by atoms with E-state index in [1.54, 1.807) is 19.1 Å². The molecule has 4 amide bonds. The van der Waals surface area contributed by atoms with E-state index in [4.69, 9.17) is 9.47 Å². The van der Waals surface area contributed by atoms with Crippen LogP contribution in [0, 0.1) is 23.6 Å². The van der Waals surface area contributed by atoms with Gasteiger partial charge in [-0.2, -0.15) is 0 Å². The number of rotatable bonds is 8. The Morgan fingerprint density at radius 2 is 1.92 bits per heavy atom. The van der Waals surface area contributed by atoms with Crippen molar-refractivity contribution in [1.29, 1.82) is 0 Å². The third kappa shape index (κ3) is 7.11. The van der Waals surface area contributed by atoms with Gasteiger partial charge in [-0.15, -0.1) is 0 Å². The zero-order chi connectivity index (χ0) is 37.6. The smallest absolute Gasteiger partial charge is 0.405 e. The number of benzene rings is 1. The van der Waals surface area contributed by atoms with E-state index in [0.717, 1.165) is 0 Å². The average Bonchev–Trinajstić information content (AvgIpc) is 3.99. The minimum absolute atomic E-state index is 0.00798. The number of hydrogen-bond acceptors (Lipinski definition) is 9. The fourth-order valence-electron chi connectivity index (χ4n) is 7.50. The number of ether oxygens (including phenoxy) is 2. The summed E-state index contributed by atoms with van der Waals surface area (Å²) in [5.41, 5.74) is -1.70. The molecule has 2 aliphatic carbocycles. The molecule has 2 saturated carbocycles. The fraction of sp³-hybridized carbons (Fsp3) is 0.571. The lowest BCUT2D eigenvalue weighted by atomic mass is 9.88. The van der Waals surface area contributed by atoms with Crippen LogP contribution in [0.15, 0.2) is 36.5 Å². The molecule has 4 aliphatic rings. The molecular weight excluding hydrogens is 704 g/mol. The minimum Gasteiger partial charge on any atom is -0.496 e. The van der Waals surface area contributed by atoms with Gasteiger partial charge in [0.2, 0.25) is 27.7 Å². The van der Waals surface area contributed by atoms with Crippen LogP contribution in [-0.2, 0) is 24.4 Å². The second kappa shape index (κ2) is 14.1. The Morgan fingerprint density at radius 3 is 2.60 bits per heavy atom. The van der Waals surface area contributed by atoms with Gasteiger partial charge in [-0.05, 0) is 62.5 Å². The van der Waals surface area contributed by atoms with E-state index in [0.29, 0.717) is 24.6 Å². The monoisotopic (exact) mass is 747 g/mol. The van der Waals surface area contributed by atoms with Gasteiger partial charge in [0, 0.05) is 30.0 Å². The first kappa shape index (κ1) is 37.2.